The Morgan fingerprint density at radius 1 is 1.56 bits per heavy atom. The van der Waals surface area contributed by atoms with Crippen LogP contribution in [0.4, 0.5) is 5.69 Å². The molecule has 1 aliphatic rings. The van der Waals surface area contributed by atoms with Crippen molar-refractivity contribution in [3.63, 3.8) is 0 Å². The number of piperidine rings is 1. The maximum atomic E-state index is 10.9. The van der Waals surface area contributed by atoms with E-state index in [1.807, 2.05) is 19.9 Å². The number of hydrogen-bond donors (Lipinski definition) is 0. The van der Waals surface area contributed by atoms with E-state index in [1.165, 1.54) is 0 Å². The van der Waals surface area contributed by atoms with E-state index in [9.17, 15) is 10.1 Å². The lowest BCUT2D eigenvalue weighted by Crippen LogP contribution is -2.36. The van der Waals surface area contributed by atoms with Crippen LogP contribution in [0.3, 0.4) is 0 Å². The smallest absolute Gasteiger partial charge is 0.124 e. The second-order valence-corrected chi connectivity index (χ2v) is 4.84. The number of nitrogens with zero attached hydrogens (tertiary/aromatic N) is 3. The summed E-state index contributed by atoms with van der Waals surface area (Å²) in [6.07, 6.45) is 2.97. The van der Waals surface area contributed by atoms with E-state index in [0.717, 1.165) is 42.7 Å². The summed E-state index contributed by atoms with van der Waals surface area (Å²) >= 11 is 0. The molecular formula is C14H17N3O. The zero-order valence-electron chi connectivity index (χ0n) is 10.8. The highest BCUT2D eigenvalue weighted by Crippen LogP contribution is 2.27. The van der Waals surface area contributed by atoms with E-state index in [4.69, 9.17) is 0 Å². The summed E-state index contributed by atoms with van der Waals surface area (Å²) < 4.78 is 0. The Kier molecular flexibility index (Phi) is 3.61. The van der Waals surface area contributed by atoms with Crippen molar-refractivity contribution in [3.8, 4) is 6.07 Å². The molecule has 0 amide bonds. The Balaban J connectivity index is 2.38. The van der Waals surface area contributed by atoms with Crippen LogP contribution >= 0.6 is 0 Å². The number of anilines is 1. The number of carbonyl (C=O) groups is 1. The average molecular weight is 243 g/mol. The highest BCUT2D eigenvalue weighted by molar-refractivity contribution is 5.64. The number of hydrogen-bond acceptors (Lipinski definition) is 4. The number of aldehydes is 1. The summed E-state index contributed by atoms with van der Waals surface area (Å²) in [5.41, 5.74) is 3.23. The van der Waals surface area contributed by atoms with Crippen LogP contribution in [0.25, 0.3) is 0 Å². The van der Waals surface area contributed by atoms with E-state index >= 15 is 0 Å². The van der Waals surface area contributed by atoms with Crippen molar-refractivity contribution < 1.29 is 4.79 Å². The van der Waals surface area contributed by atoms with Crippen molar-refractivity contribution in [2.75, 3.05) is 18.0 Å². The molecule has 0 aliphatic carbocycles. The lowest BCUT2D eigenvalue weighted by atomic mass is 9.98. The average Bonchev–Trinajstić information content (AvgIpc) is 2.38. The molecule has 0 spiro atoms. The quantitative estimate of drug-likeness (QED) is 0.745. The van der Waals surface area contributed by atoms with Crippen LogP contribution in [0.2, 0.25) is 0 Å². The Morgan fingerprint density at radius 2 is 2.33 bits per heavy atom. The van der Waals surface area contributed by atoms with Crippen LogP contribution in [-0.2, 0) is 4.79 Å². The van der Waals surface area contributed by atoms with Crippen LogP contribution in [0.15, 0.2) is 6.07 Å². The number of pyridine rings is 1. The van der Waals surface area contributed by atoms with Gasteiger partial charge in [0.1, 0.15) is 12.4 Å². The molecule has 1 aliphatic heterocycles. The van der Waals surface area contributed by atoms with Gasteiger partial charge in [-0.15, -0.1) is 0 Å². The molecule has 4 nitrogen and oxygen atoms in total. The van der Waals surface area contributed by atoms with Crippen molar-refractivity contribution in [1.82, 2.24) is 4.98 Å². The molecule has 1 aromatic heterocycles. The fourth-order valence-electron chi connectivity index (χ4n) is 2.54. The summed E-state index contributed by atoms with van der Waals surface area (Å²) in [6.45, 7) is 5.40. The van der Waals surface area contributed by atoms with Gasteiger partial charge in [0.05, 0.1) is 16.9 Å². The first-order valence-corrected chi connectivity index (χ1v) is 6.24. The molecule has 2 heterocycles. The number of aromatic nitrogens is 1. The third-order valence-corrected chi connectivity index (χ3v) is 3.41. The van der Waals surface area contributed by atoms with Gasteiger partial charge in [-0.05, 0) is 32.8 Å². The predicted octanol–water partition coefficient (Wildman–Crippen LogP) is 1.99. The van der Waals surface area contributed by atoms with E-state index in [-0.39, 0.29) is 5.92 Å². The molecule has 1 saturated heterocycles. The minimum absolute atomic E-state index is 0.0825. The van der Waals surface area contributed by atoms with Crippen LogP contribution < -0.4 is 4.90 Å². The van der Waals surface area contributed by atoms with E-state index < -0.39 is 0 Å². The highest BCUT2D eigenvalue weighted by Gasteiger charge is 2.22. The van der Waals surface area contributed by atoms with Crippen LogP contribution in [0.5, 0.6) is 0 Å². The highest BCUT2D eigenvalue weighted by atomic mass is 16.1. The first-order valence-electron chi connectivity index (χ1n) is 6.24. The summed E-state index contributed by atoms with van der Waals surface area (Å²) in [7, 11) is 0. The number of rotatable bonds is 2. The summed E-state index contributed by atoms with van der Waals surface area (Å²) in [4.78, 5) is 17.4. The summed E-state index contributed by atoms with van der Waals surface area (Å²) in [5, 5.41) is 9.26. The Bertz CT molecular complexity index is 504. The van der Waals surface area contributed by atoms with Gasteiger partial charge in [-0.25, -0.2) is 0 Å². The Labute approximate surface area is 107 Å². The van der Waals surface area contributed by atoms with E-state index in [2.05, 4.69) is 16.0 Å². The van der Waals surface area contributed by atoms with Crippen molar-refractivity contribution in [1.29, 1.82) is 5.26 Å². The van der Waals surface area contributed by atoms with E-state index in [0.29, 0.717) is 12.1 Å². The van der Waals surface area contributed by atoms with Gasteiger partial charge in [-0.3, -0.25) is 4.98 Å². The molecule has 18 heavy (non-hydrogen) atoms. The maximum Gasteiger partial charge on any atom is 0.124 e. The molecule has 0 radical (unpaired) electrons. The van der Waals surface area contributed by atoms with Crippen molar-refractivity contribution in [2.24, 2.45) is 5.92 Å². The van der Waals surface area contributed by atoms with Gasteiger partial charge in [-0.1, -0.05) is 0 Å². The standard InChI is InChI=1S/C14H17N3O/c1-10-6-14(13(7-15)11(2)16-10)17-5-3-4-12(8-17)9-18/h6,9,12H,3-5,8H2,1-2H3. The Hall–Kier alpha value is -1.89. The van der Waals surface area contributed by atoms with Gasteiger partial charge >= 0.3 is 0 Å². The molecule has 1 atom stereocenters. The lowest BCUT2D eigenvalue weighted by molar-refractivity contribution is -0.111. The zero-order chi connectivity index (χ0) is 13.1. The predicted molar refractivity (Wildman–Crippen MR) is 69.4 cm³/mol. The molecule has 2 rings (SSSR count). The van der Waals surface area contributed by atoms with Crippen molar-refractivity contribution in [2.45, 2.75) is 26.7 Å². The monoisotopic (exact) mass is 243 g/mol. The van der Waals surface area contributed by atoms with E-state index in [1.54, 1.807) is 0 Å². The largest absolute Gasteiger partial charge is 0.370 e. The number of carbonyl (C=O) groups excluding carboxylic acids is 1. The third-order valence-electron chi connectivity index (χ3n) is 3.41. The fourth-order valence-corrected chi connectivity index (χ4v) is 2.54. The molecule has 1 fully saturated rings. The SMILES string of the molecule is Cc1cc(N2CCCC(C=O)C2)c(C#N)c(C)n1. The third kappa shape index (κ3) is 2.35. The lowest BCUT2D eigenvalue weighted by Gasteiger charge is -2.33. The maximum absolute atomic E-state index is 10.9. The molecule has 1 aromatic rings. The van der Waals surface area contributed by atoms with Crippen LogP contribution in [0.1, 0.15) is 29.8 Å². The zero-order valence-corrected chi connectivity index (χ0v) is 10.8. The first kappa shape index (κ1) is 12.6. The Morgan fingerprint density at radius 3 is 3.00 bits per heavy atom. The molecule has 0 saturated carbocycles. The van der Waals surface area contributed by atoms with Crippen LogP contribution in [0, 0.1) is 31.1 Å². The molecule has 94 valence electrons. The summed E-state index contributed by atoms with van der Waals surface area (Å²) in [6, 6.07) is 4.17. The van der Waals surface area contributed by atoms with Gasteiger partial charge in [0.15, 0.2) is 0 Å². The number of aryl methyl sites for hydroxylation is 2. The minimum Gasteiger partial charge on any atom is -0.370 e. The topological polar surface area (TPSA) is 57.0 Å². The molecule has 1 unspecified atom stereocenters. The van der Waals surface area contributed by atoms with Crippen molar-refractivity contribution in [3.05, 3.63) is 23.0 Å². The van der Waals surface area contributed by atoms with Crippen LogP contribution in [-0.4, -0.2) is 24.4 Å². The molecule has 0 aromatic carbocycles. The van der Waals surface area contributed by atoms with Gasteiger partial charge in [0.25, 0.3) is 0 Å². The van der Waals surface area contributed by atoms with Gasteiger partial charge in [0.2, 0.25) is 0 Å². The molecule has 4 heteroatoms. The normalized spacial score (nSPS) is 19.4. The molecule has 0 N–H and O–H groups in total. The van der Waals surface area contributed by atoms with Gasteiger partial charge in [-0.2, -0.15) is 5.26 Å². The van der Waals surface area contributed by atoms with Gasteiger partial charge < -0.3 is 9.69 Å². The second kappa shape index (κ2) is 5.18. The summed E-state index contributed by atoms with van der Waals surface area (Å²) in [5.74, 6) is 0.0825. The van der Waals surface area contributed by atoms with Gasteiger partial charge in [0, 0.05) is 24.7 Å². The van der Waals surface area contributed by atoms with Crippen molar-refractivity contribution >= 4 is 12.0 Å². The second-order valence-electron chi connectivity index (χ2n) is 4.84. The fraction of sp³-hybridized carbons (Fsp3) is 0.500. The number of nitriles is 1. The first-order chi connectivity index (χ1) is 8.65. The minimum atomic E-state index is 0.0825. The molecule has 0 bridgehead atoms. The molecular weight excluding hydrogens is 226 g/mol.